The van der Waals surface area contributed by atoms with E-state index in [0.717, 1.165) is 15.4 Å². The Kier molecular flexibility index (Phi) is 9.70. The quantitative estimate of drug-likeness (QED) is 0.222. The molecule has 0 aliphatic heterocycles. The summed E-state index contributed by atoms with van der Waals surface area (Å²) in [6.07, 6.45) is 0. The Morgan fingerprint density at radius 2 is 1.32 bits per heavy atom. The molecule has 44 heavy (non-hydrogen) atoms. The molecule has 232 valence electrons. The van der Waals surface area contributed by atoms with Gasteiger partial charge in [-0.3, -0.25) is 13.8 Å². The number of ether oxygens (including phenoxy) is 3. The molecule has 2 N–H and O–H groups in total. The SMILES string of the molecule is COc1ccc(N(CC(=O)Nc2ccc(S(=O)(=O)Nc3cc(C)ccc3OC)cc2)S(=O)(=O)c2ccc(C)cc2)c(OC)c1. The number of hydrogen-bond donors (Lipinski definition) is 2. The third-order valence-corrected chi connectivity index (χ3v) is 9.75. The Hall–Kier alpha value is -4.75. The van der Waals surface area contributed by atoms with E-state index in [1.54, 1.807) is 36.4 Å². The van der Waals surface area contributed by atoms with E-state index in [-0.39, 0.29) is 32.6 Å². The minimum Gasteiger partial charge on any atom is -0.497 e. The topological polar surface area (TPSA) is 140 Å². The lowest BCUT2D eigenvalue weighted by Gasteiger charge is -2.26. The smallest absolute Gasteiger partial charge is 0.264 e. The number of nitrogens with one attached hydrogen (secondary N) is 2. The fraction of sp³-hybridized carbons (Fsp3) is 0.194. The van der Waals surface area contributed by atoms with Crippen LogP contribution in [0.3, 0.4) is 0 Å². The van der Waals surface area contributed by atoms with Gasteiger partial charge in [-0.25, -0.2) is 16.8 Å². The normalized spacial score (nSPS) is 11.4. The first kappa shape index (κ1) is 32.2. The van der Waals surface area contributed by atoms with Crippen molar-refractivity contribution in [2.45, 2.75) is 23.6 Å². The summed E-state index contributed by atoms with van der Waals surface area (Å²) in [5.74, 6) is 0.312. The highest BCUT2D eigenvalue weighted by atomic mass is 32.2. The van der Waals surface area contributed by atoms with E-state index >= 15 is 0 Å². The number of rotatable bonds is 12. The first-order valence-corrected chi connectivity index (χ1v) is 16.2. The molecule has 0 atom stereocenters. The number of benzene rings is 4. The van der Waals surface area contributed by atoms with E-state index in [2.05, 4.69) is 10.0 Å². The lowest BCUT2D eigenvalue weighted by Crippen LogP contribution is -2.38. The molecule has 0 bridgehead atoms. The molecule has 0 heterocycles. The highest BCUT2D eigenvalue weighted by Gasteiger charge is 2.30. The van der Waals surface area contributed by atoms with Gasteiger partial charge in [0.2, 0.25) is 5.91 Å². The second-order valence-electron chi connectivity index (χ2n) is 9.74. The summed E-state index contributed by atoms with van der Waals surface area (Å²) in [6.45, 7) is 3.06. The average molecular weight is 640 g/mol. The number of hydrogen-bond acceptors (Lipinski definition) is 8. The van der Waals surface area contributed by atoms with Crippen molar-refractivity contribution in [1.29, 1.82) is 0 Å². The van der Waals surface area contributed by atoms with E-state index in [4.69, 9.17) is 14.2 Å². The number of amides is 1. The van der Waals surface area contributed by atoms with Gasteiger partial charge < -0.3 is 19.5 Å². The Morgan fingerprint density at radius 1 is 0.705 bits per heavy atom. The Labute approximate surface area is 257 Å². The van der Waals surface area contributed by atoms with E-state index in [1.807, 2.05) is 13.8 Å². The Balaban J connectivity index is 1.59. The van der Waals surface area contributed by atoms with Crippen molar-refractivity contribution >= 4 is 43.0 Å². The van der Waals surface area contributed by atoms with E-state index in [1.165, 1.54) is 69.9 Å². The molecule has 11 nitrogen and oxygen atoms in total. The maximum Gasteiger partial charge on any atom is 0.264 e. The molecule has 0 saturated heterocycles. The molecular formula is C31H33N3O8S2. The van der Waals surface area contributed by atoms with Crippen molar-refractivity contribution in [3.63, 3.8) is 0 Å². The minimum absolute atomic E-state index is 0.0129. The van der Waals surface area contributed by atoms with Crippen LogP contribution in [0, 0.1) is 13.8 Å². The number of carbonyl (C=O) groups excluding carboxylic acids is 1. The molecule has 4 aromatic rings. The summed E-state index contributed by atoms with van der Waals surface area (Å²) in [5.41, 5.74) is 2.38. The zero-order valence-corrected chi connectivity index (χ0v) is 26.5. The fourth-order valence-corrected chi connectivity index (χ4v) is 6.77. The Bertz CT molecular complexity index is 1860. The first-order valence-electron chi connectivity index (χ1n) is 13.3. The van der Waals surface area contributed by atoms with Crippen LogP contribution in [0.1, 0.15) is 11.1 Å². The first-order chi connectivity index (χ1) is 20.9. The van der Waals surface area contributed by atoms with Gasteiger partial charge in [0, 0.05) is 11.8 Å². The molecule has 0 fully saturated rings. The molecule has 4 aromatic carbocycles. The molecular weight excluding hydrogens is 606 g/mol. The molecule has 0 aliphatic rings. The molecule has 0 spiro atoms. The molecule has 0 aromatic heterocycles. The van der Waals surface area contributed by atoms with Gasteiger partial charge in [-0.05, 0) is 80.1 Å². The van der Waals surface area contributed by atoms with Gasteiger partial charge in [0.15, 0.2) is 0 Å². The number of aryl methyl sites for hydroxylation is 2. The van der Waals surface area contributed by atoms with Crippen LogP contribution in [-0.2, 0) is 24.8 Å². The predicted molar refractivity (Wildman–Crippen MR) is 169 cm³/mol. The number of methoxy groups -OCH3 is 3. The predicted octanol–water partition coefficient (Wildman–Crippen LogP) is 4.96. The monoisotopic (exact) mass is 639 g/mol. The number of anilines is 3. The van der Waals surface area contributed by atoms with Gasteiger partial charge in [-0.1, -0.05) is 23.8 Å². The maximum absolute atomic E-state index is 13.8. The van der Waals surface area contributed by atoms with E-state index in [9.17, 15) is 21.6 Å². The van der Waals surface area contributed by atoms with Crippen LogP contribution in [-0.4, -0.2) is 50.6 Å². The summed E-state index contributed by atoms with van der Waals surface area (Å²) >= 11 is 0. The van der Waals surface area contributed by atoms with E-state index < -0.39 is 32.5 Å². The molecule has 0 saturated carbocycles. The zero-order valence-electron chi connectivity index (χ0n) is 24.8. The lowest BCUT2D eigenvalue weighted by atomic mass is 10.2. The number of sulfonamides is 2. The molecule has 0 radical (unpaired) electrons. The fourth-order valence-electron chi connectivity index (χ4n) is 4.28. The minimum atomic E-state index is -4.22. The van der Waals surface area contributed by atoms with Crippen LogP contribution in [0.4, 0.5) is 17.1 Å². The third kappa shape index (κ3) is 7.24. The van der Waals surface area contributed by atoms with Crippen molar-refractivity contribution in [2.24, 2.45) is 0 Å². The van der Waals surface area contributed by atoms with Crippen LogP contribution in [0.15, 0.2) is 94.7 Å². The summed E-state index contributed by atoms with van der Waals surface area (Å²) in [4.78, 5) is 13.2. The van der Waals surface area contributed by atoms with Crippen LogP contribution < -0.4 is 28.6 Å². The number of nitrogens with zero attached hydrogens (tertiary/aromatic N) is 1. The van der Waals surface area contributed by atoms with Crippen LogP contribution in [0.5, 0.6) is 17.2 Å². The molecule has 13 heteroatoms. The second-order valence-corrected chi connectivity index (χ2v) is 13.3. The maximum atomic E-state index is 13.8. The summed E-state index contributed by atoms with van der Waals surface area (Å²) in [5, 5.41) is 2.64. The summed E-state index contributed by atoms with van der Waals surface area (Å²) < 4.78 is 73.1. The van der Waals surface area contributed by atoms with E-state index in [0.29, 0.717) is 11.5 Å². The average Bonchev–Trinajstić information content (AvgIpc) is 3.00. The van der Waals surface area contributed by atoms with Crippen molar-refractivity contribution in [1.82, 2.24) is 0 Å². The van der Waals surface area contributed by atoms with Crippen LogP contribution >= 0.6 is 0 Å². The lowest BCUT2D eigenvalue weighted by molar-refractivity contribution is -0.114. The molecule has 1 amide bonds. The highest BCUT2D eigenvalue weighted by molar-refractivity contribution is 7.93. The van der Waals surface area contributed by atoms with Gasteiger partial charge in [0.05, 0.1) is 42.5 Å². The Morgan fingerprint density at radius 3 is 1.93 bits per heavy atom. The largest absolute Gasteiger partial charge is 0.497 e. The highest BCUT2D eigenvalue weighted by Crippen LogP contribution is 2.35. The van der Waals surface area contributed by atoms with Gasteiger partial charge >= 0.3 is 0 Å². The van der Waals surface area contributed by atoms with Crippen molar-refractivity contribution in [3.05, 3.63) is 96.1 Å². The van der Waals surface area contributed by atoms with Crippen molar-refractivity contribution in [3.8, 4) is 17.2 Å². The van der Waals surface area contributed by atoms with Gasteiger partial charge in [0.1, 0.15) is 23.8 Å². The van der Waals surface area contributed by atoms with Crippen LogP contribution in [0.2, 0.25) is 0 Å². The van der Waals surface area contributed by atoms with Crippen molar-refractivity contribution in [2.75, 3.05) is 42.2 Å². The molecule has 4 rings (SSSR count). The van der Waals surface area contributed by atoms with Gasteiger partial charge in [0.25, 0.3) is 20.0 Å². The standard InChI is InChI=1S/C31H33N3O8S2/c1-21-6-12-26(13-7-21)44(38,39)34(28-16-11-24(40-3)19-30(28)42-5)20-31(35)32-23-9-14-25(15-10-23)43(36,37)33-27-18-22(2)8-17-29(27)41-4/h6-19,33H,20H2,1-5H3,(H,32,35). The van der Waals surface area contributed by atoms with Crippen LogP contribution in [0.25, 0.3) is 0 Å². The molecule has 0 unspecified atom stereocenters. The van der Waals surface area contributed by atoms with Gasteiger partial charge in [-0.15, -0.1) is 0 Å². The third-order valence-electron chi connectivity index (χ3n) is 6.60. The number of carbonyl (C=O) groups is 1. The molecule has 0 aliphatic carbocycles. The summed E-state index contributed by atoms with van der Waals surface area (Å²) in [6, 6.07) is 21.4. The zero-order chi connectivity index (χ0) is 32.1. The van der Waals surface area contributed by atoms with Crippen molar-refractivity contribution < 1.29 is 35.8 Å². The summed E-state index contributed by atoms with van der Waals surface area (Å²) in [7, 11) is -3.91. The second kappa shape index (κ2) is 13.3. The van der Waals surface area contributed by atoms with Gasteiger partial charge in [-0.2, -0.15) is 0 Å².